The lowest BCUT2D eigenvalue weighted by Crippen LogP contribution is -2.58. The van der Waals surface area contributed by atoms with E-state index in [-0.39, 0.29) is 36.6 Å². The van der Waals surface area contributed by atoms with Crippen molar-refractivity contribution in [3.8, 4) is 0 Å². The van der Waals surface area contributed by atoms with Crippen LogP contribution in [0.2, 0.25) is 0 Å². The minimum Gasteiger partial charge on any atom is -0.450 e. The van der Waals surface area contributed by atoms with Gasteiger partial charge in [-0.2, -0.15) is 5.10 Å². The molecule has 3 aliphatic heterocycles. The molecule has 1 aromatic carbocycles. The number of hydrogen-bond acceptors (Lipinski definition) is 8. The van der Waals surface area contributed by atoms with Crippen LogP contribution < -0.4 is 10.8 Å². The normalized spacial score (nSPS) is 28.4. The zero-order valence-electron chi connectivity index (χ0n) is 29.8. The topological polar surface area (TPSA) is 113 Å². The van der Waals surface area contributed by atoms with Crippen molar-refractivity contribution in [2.24, 2.45) is 5.92 Å². The molecule has 1 saturated carbocycles. The minimum atomic E-state index is -0.757. The highest BCUT2D eigenvalue weighted by molar-refractivity contribution is 6.65. The molecule has 1 aliphatic carbocycles. The summed E-state index contributed by atoms with van der Waals surface area (Å²) in [5.74, 6) is -0.242. The molecule has 264 valence electrons. The Morgan fingerprint density at radius 2 is 1.85 bits per heavy atom. The number of likely N-dealkylation sites (tertiary alicyclic amines) is 1. The molecule has 2 amide bonds. The Morgan fingerprint density at radius 1 is 1.12 bits per heavy atom. The standard InChI is InChI=1S/C35H52BFN4O7/c1-32(2,3)46-31(43)40-15-11-14-35(8,21-40)39-30(42)45-17-13-22-18-23(22)28-25(37)19-26-24(20-38-41(26)27-12-9-10-16-44-27)29(28)36-47-33(4,5)34(6,7)48-36/h19-20,22-23,27H,9-18,21H2,1-8H3,(H,39,42)/t22?,23?,27?,35-/m1/s1. The Kier molecular flexibility index (Phi) is 9.30. The number of carbonyl (C=O) groups excluding carboxylic acids is 2. The number of halogens is 1. The van der Waals surface area contributed by atoms with Crippen LogP contribution in [0, 0.1) is 11.7 Å². The van der Waals surface area contributed by atoms with Gasteiger partial charge in [-0.1, -0.05) is 0 Å². The van der Waals surface area contributed by atoms with E-state index in [0.717, 1.165) is 43.9 Å². The van der Waals surface area contributed by atoms with Crippen molar-refractivity contribution >= 4 is 35.7 Å². The number of carbonyl (C=O) groups is 2. The van der Waals surface area contributed by atoms with E-state index >= 15 is 4.39 Å². The molecule has 4 atom stereocenters. The summed E-state index contributed by atoms with van der Waals surface area (Å²) in [5.41, 5.74) is -0.459. The number of ether oxygens (including phenoxy) is 3. The predicted octanol–water partition coefficient (Wildman–Crippen LogP) is 6.18. The number of rotatable bonds is 7. The number of amides is 2. The molecular formula is C35H52BFN4O7. The van der Waals surface area contributed by atoms with Gasteiger partial charge in [0.1, 0.15) is 11.4 Å². The third-order valence-electron chi connectivity index (χ3n) is 10.6. The van der Waals surface area contributed by atoms with Gasteiger partial charge in [-0.25, -0.2) is 18.7 Å². The molecule has 3 unspecified atom stereocenters. The molecule has 11 nitrogen and oxygen atoms in total. The number of piperidine rings is 1. The lowest BCUT2D eigenvalue weighted by Gasteiger charge is -2.40. The average molecular weight is 671 g/mol. The lowest BCUT2D eigenvalue weighted by molar-refractivity contribution is -0.0366. The van der Waals surface area contributed by atoms with E-state index in [1.807, 2.05) is 55.4 Å². The highest BCUT2D eigenvalue weighted by atomic mass is 19.1. The van der Waals surface area contributed by atoms with Gasteiger partial charge < -0.3 is 33.7 Å². The van der Waals surface area contributed by atoms with Crippen LogP contribution in [0.25, 0.3) is 10.9 Å². The zero-order chi connectivity index (χ0) is 34.6. The first-order valence-electron chi connectivity index (χ1n) is 17.6. The third kappa shape index (κ3) is 7.19. The van der Waals surface area contributed by atoms with Gasteiger partial charge in [0.25, 0.3) is 0 Å². The van der Waals surface area contributed by atoms with Crippen molar-refractivity contribution < 1.29 is 37.5 Å². The molecule has 3 saturated heterocycles. The van der Waals surface area contributed by atoms with Gasteiger partial charge in [0, 0.05) is 31.1 Å². The molecule has 4 aliphatic rings. The molecule has 0 radical (unpaired) electrons. The van der Waals surface area contributed by atoms with Gasteiger partial charge in [-0.15, -0.1) is 0 Å². The fraction of sp³-hybridized carbons (Fsp3) is 0.743. The fourth-order valence-corrected chi connectivity index (χ4v) is 7.26. The summed E-state index contributed by atoms with van der Waals surface area (Å²) in [6.45, 7) is 17.2. The van der Waals surface area contributed by atoms with Gasteiger partial charge >= 0.3 is 19.3 Å². The minimum absolute atomic E-state index is 0.0670. The number of nitrogens with zero attached hydrogens (tertiary/aromatic N) is 3. The van der Waals surface area contributed by atoms with Crippen molar-refractivity contribution in [1.29, 1.82) is 0 Å². The largest absolute Gasteiger partial charge is 0.495 e. The highest BCUT2D eigenvalue weighted by Crippen LogP contribution is 2.51. The van der Waals surface area contributed by atoms with Crippen LogP contribution in [-0.2, 0) is 23.5 Å². The SMILES string of the molecule is CC(C)(C)OC(=O)N1CCC[C@@](C)(NC(=O)OCCC2CC2c2c(F)cc3c(cnn3C3CCCCO3)c2B2OC(C)(C)C(C)(C)O2)C1. The zero-order valence-corrected chi connectivity index (χ0v) is 29.8. The van der Waals surface area contributed by atoms with Crippen molar-refractivity contribution in [3.05, 3.63) is 23.6 Å². The maximum atomic E-state index is 16.3. The van der Waals surface area contributed by atoms with E-state index in [4.69, 9.17) is 23.5 Å². The molecule has 4 heterocycles. The molecule has 13 heteroatoms. The number of hydrogen-bond donors (Lipinski definition) is 1. The van der Waals surface area contributed by atoms with E-state index in [2.05, 4.69) is 10.4 Å². The Morgan fingerprint density at radius 3 is 2.52 bits per heavy atom. The van der Waals surface area contributed by atoms with Gasteiger partial charge in [-0.3, -0.25) is 0 Å². The third-order valence-corrected chi connectivity index (χ3v) is 10.6. The van der Waals surface area contributed by atoms with E-state index in [0.29, 0.717) is 42.7 Å². The summed E-state index contributed by atoms with van der Waals surface area (Å²) in [7, 11) is -0.757. The number of aromatic nitrogens is 2. The Hall–Kier alpha value is -2.90. The summed E-state index contributed by atoms with van der Waals surface area (Å²) in [5, 5.41) is 8.46. The number of benzene rings is 1. The summed E-state index contributed by atoms with van der Waals surface area (Å²) in [6.07, 6.45) is 6.33. The maximum Gasteiger partial charge on any atom is 0.495 e. The lowest BCUT2D eigenvalue weighted by atomic mass is 9.72. The summed E-state index contributed by atoms with van der Waals surface area (Å²) in [6, 6.07) is 1.58. The van der Waals surface area contributed by atoms with Crippen LogP contribution in [0.1, 0.15) is 118 Å². The number of nitrogens with one attached hydrogen (secondary N) is 1. The summed E-state index contributed by atoms with van der Waals surface area (Å²) >= 11 is 0. The first-order chi connectivity index (χ1) is 22.5. The Labute approximate surface area is 283 Å². The molecule has 48 heavy (non-hydrogen) atoms. The molecule has 2 aromatic rings. The smallest absolute Gasteiger partial charge is 0.450 e. The van der Waals surface area contributed by atoms with Crippen LogP contribution >= 0.6 is 0 Å². The summed E-state index contributed by atoms with van der Waals surface area (Å²) in [4.78, 5) is 27.2. The van der Waals surface area contributed by atoms with Gasteiger partial charge in [-0.05, 0) is 123 Å². The van der Waals surface area contributed by atoms with Crippen LogP contribution in [0.5, 0.6) is 0 Å². The van der Waals surface area contributed by atoms with Crippen molar-refractivity contribution in [2.45, 2.75) is 135 Å². The number of fused-ring (bicyclic) bond motifs is 1. The van der Waals surface area contributed by atoms with E-state index in [1.54, 1.807) is 21.8 Å². The van der Waals surface area contributed by atoms with Crippen LogP contribution in [-0.4, -0.2) is 82.6 Å². The van der Waals surface area contributed by atoms with E-state index < -0.39 is 35.6 Å². The second kappa shape index (κ2) is 12.8. The molecule has 1 N–H and O–H groups in total. The molecule has 1 aromatic heterocycles. The summed E-state index contributed by atoms with van der Waals surface area (Å²) < 4.78 is 48.3. The maximum absolute atomic E-state index is 16.3. The second-order valence-corrected chi connectivity index (χ2v) is 16.3. The molecule has 0 bridgehead atoms. The van der Waals surface area contributed by atoms with Crippen LogP contribution in [0.15, 0.2) is 12.3 Å². The molecule has 0 spiro atoms. The predicted molar refractivity (Wildman–Crippen MR) is 180 cm³/mol. The first kappa shape index (κ1) is 34.9. The number of alkyl carbamates (subject to hydrolysis) is 1. The Bertz CT molecular complexity index is 1520. The second-order valence-electron chi connectivity index (χ2n) is 16.3. The Balaban J connectivity index is 1.13. The van der Waals surface area contributed by atoms with Gasteiger partial charge in [0.05, 0.1) is 35.1 Å². The van der Waals surface area contributed by atoms with Gasteiger partial charge in [0.2, 0.25) is 0 Å². The van der Waals surface area contributed by atoms with E-state index in [9.17, 15) is 9.59 Å². The molecular weight excluding hydrogens is 618 g/mol. The molecule has 6 rings (SSSR count). The fourth-order valence-electron chi connectivity index (χ4n) is 7.26. The van der Waals surface area contributed by atoms with Crippen LogP contribution in [0.3, 0.4) is 0 Å². The monoisotopic (exact) mass is 670 g/mol. The van der Waals surface area contributed by atoms with Gasteiger partial charge in [0.15, 0.2) is 6.23 Å². The van der Waals surface area contributed by atoms with Crippen molar-refractivity contribution in [2.75, 3.05) is 26.3 Å². The highest BCUT2D eigenvalue weighted by Gasteiger charge is 2.54. The molecule has 4 fully saturated rings. The van der Waals surface area contributed by atoms with Crippen molar-refractivity contribution in [1.82, 2.24) is 20.0 Å². The quantitative estimate of drug-likeness (QED) is 0.348. The first-order valence-corrected chi connectivity index (χ1v) is 17.6. The van der Waals surface area contributed by atoms with E-state index in [1.165, 1.54) is 0 Å². The average Bonchev–Trinajstić information content (AvgIpc) is 3.55. The van der Waals surface area contributed by atoms with Crippen molar-refractivity contribution in [3.63, 3.8) is 0 Å². The van der Waals surface area contributed by atoms with Crippen LogP contribution in [0.4, 0.5) is 14.0 Å².